The van der Waals surface area contributed by atoms with Crippen molar-refractivity contribution in [2.24, 2.45) is 0 Å². The van der Waals surface area contributed by atoms with E-state index in [0.717, 1.165) is 6.54 Å². The van der Waals surface area contributed by atoms with Gasteiger partial charge in [-0.25, -0.2) is 0 Å². The van der Waals surface area contributed by atoms with E-state index in [1.807, 2.05) is 0 Å². The zero-order valence-electron chi connectivity index (χ0n) is 10.4. The number of benzene rings is 1. The average molecular weight is 226 g/mol. The molecule has 2 aromatic rings. The number of hydrogen-bond donors (Lipinski definition) is 1. The molecule has 0 atom stereocenters. The molecule has 0 amide bonds. The van der Waals surface area contributed by atoms with E-state index in [2.05, 4.69) is 60.1 Å². The maximum Gasteiger partial charge on any atom is 0.0835 e. The molecule has 0 spiro atoms. The van der Waals surface area contributed by atoms with Crippen molar-refractivity contribution in [2.75, 3.05) is 0 Å². The Morgan fingerprint density at radius 2 is 2.18 bits per heavy atom. The zero-order valence-corrected chi connectivity index (χ0v) is 10.4. The Morgan fingerprint density at radius 3 is 2.88 bits per heavy atom. The minimum Gasteiger partial charge on any atom is -0.336 e. The van der Waals surface area contributed by atoms with Crippen molar-refractivity contribution in [1.29, 1.82) is 0 Å². The molecule has 0 aliphatic rings. The Balaban J connectivity index is 2.40. The summed E-state index contributed by atoms with van der Waals surface area (Å²) in [6, 6.07) is 8.98. The lowest BCUT2D eigenvalue weighted by Gasteiger charge is -2.11. The molecule has 0 radical (unpaired) electrons. The van der Waals surface area contributed by atoms with Gasteiger partial charge in [0.15, 0.2) is 0 Å². The van der Waals surface area contributed by atoms with Crippen molar-refractivity contribution in [1.82, 2.24) is 9.88 Å². The van der Waals surface area contributed by atoms with Crippen molar-refractivity contribution in [3.8, 4) is 12.3 Å². The van der Waals surface area contributed by atoms with Crippen LogP contribution in [-0.4, -0.2) is 10.6 Å². The molecule has 0 saturated carbocycles. The minimum atomic E-state index is 0.487. The molecular weight excluding hydrogens is 208 g/mol. The van der Waals surface area contributed by atoms with E-state index >= 15 is 0 Å². The summed E-state index contributed by atoms with van der Waals surface area (Å²) in [6.45, 7) is 5.81. The van der Waals surface area contributed by atoms with Gasteiger partial charge in [-0.3, -0.25) is 0 Å². The molecule has 0 unspecified atom stereocenters. The van der Waals surface area contributed by atoms with E-state index in [-0.39, 0.29) is 0 Å². The summed E-state index contributed by atoms with van der Waals surface area (Å²) < 4.78 is 2.13. The normalized spacial score (nSPS) is 10.9. The first-order valence-electron chi connectivity index (χ1n) is 5.96. The summed E-state index contributed by atoms with van der Waals surface area (Å²) in [6.07, 6.45) is 7.46. The summed E-state index contributed by atoms with van der Waals surface area (Å²) in [5.41, 5.74) is 2.55. The SMILES string of the molecule is C#CCn1ccc2cccc(CNC(C)C)c21. The van der Waals surface area contributed by atoms with Crippen LogP contribution < -0.4 is 5.32 Å². The van der Waals surface area contributed by atoms with E-state index in [0.29, 0.717) is 12.6 Å². The third-order valence-corrected chi connectivity index (χ3v) is 2.83. The second-order valence-corrected chi connectivity index (χ2v) is 4.54. The fourth-order valence-electron chi connectivity index (χ4n) is 2.03. The highest BCUT2D eigenvalue weighted by atomic mass is 15.0. The van der Waals surface area contributed by atoms with Crippen LogP contribution >= 0.6 is 0 Å². The van der Waals surface area contributed by atoms with Crippen LogP contribution in [0.1, 0.15) is 19.4 Å². The lowest BCUT2D eigenvalue weighted by Crippen LogP contribution is -2.22. The molecular formula is C15H18N2. The number of nitrogens with one attached hydrogen (secondary N) is 1. The van der Waals surface area contributed by atoms with Gasteiger partial charge < -0.3 is 9.88 Å². The molecule has 0 aliphatic heterocycles. The van der Waals surface area contributed by atoms with E-state index in [1.54, 1.807) is 0 Å². The molecule has 0 saturated heterocycles. The average Bonchev–Trinajstić information content (AvgIpc) is 2.71. The summed E-state index contributed by atoms with van der Waals surface area (Å²) in [5.74, 6) is 2.70. The number of para-hydroxylation sites is 1. The molecule has 2 heteroatoms. The first-order valence-corrected chi connectivity index (χ1v) is 5.96. The van der Waals surface area contributed by atoms with Crippen molar-refractivity contribution < 1.29 is 0 Å². The van der Waals surface area contributed by atoms with Gasteiger partial charge in [-0.05, 0) is 17.0 Å². The Bertz CT molecular complexity index is 544. The number of aromatic nitrogens is 1. The van der Waals surface area contributed by atoms with Crippen LogP contribution in [0.5, 0.6) is 0 Å². The molecule has 1 heterocycles. The molecule has 1 aromatic heterocycles. The third kappa shape index (κ3) is 2.51. The molecule has 1 aromatic carbocycles. The van der Waals surface area contributed by atoms with Crippen molar-refractivity contribution in [3.63, 3.8) is 0 Å². The molecule has 2 rings (SSSR count). The third-order valence-electron chi connectivity index (χ3n) is 2.83. The van der Waals surface area contributed by atoms with E-state index < -0.39 is 0 Å². The Labute approximate surface area is 103 Å². The first-order chi connectivity index (χ1) is 8.22. The van der Waals surface area contributed by atoms with Gasteiger partial charge in [-0.2, -0.15) is 0 Å². The Morgan fingerprint density at radius 1 is 1.35 bits per heavy atom. The standard InChI is InChI=1S/C15H18N2/c1-4-9-17-10-8-13-6-5-7-14(15(13)17)11-16-12(2)3/h1,5-8,10,12,16H,9,11H2,2-3H3. The molecule has 0 fully saturated rings. The predicted octanol–water partition coefficient (Wildman–Crippen LogP) is 2.77. The van der Waals surface area contributed by atoms with Crippen molar-refractivity contribution in [3.05, 3.63) is 36.0 Å². The second-order valence-electron chi connectivity index (χ2n) is 4.54. The van der Waals surface area contributed by atoms with Gasteiger partial charge in [0.1, 0.15) is 0 Å². The summed E-state index contributed by atoms with van der Waals surface area (Å²) in [4.78, 5) is 0. The topological polar surface area (TPSA) is 17.0 Å². The number of nitrogens with zero attached hydrogens (tertiary/aromatic N) is 1. The van der Waals surface area contributed by atoms with Crippen LogP contribution in [0.3, 0.4) is 0 Å². The maximum atomic E-state index is 5.40. The van der Waals surface area contributed by atoms with Gasteiger partial charge in [0, 0.05) is 18.8 Å². The first kappa shape index (κ1) is 11.8. The summed E-state index contributed by atoms with van der Waals surface area (Å²) >= 11 is 0. The highest BCUT2D eigenvalue weighted by Gasteiger charge is 2.06. The Kier molecular flexibility index (Phi) is 3.51. The van der Waals surface area contributed by atoms with Gasteiger partial charge in [0.05, 0.1) is 12.1 Å². The van der Waals surface area contributed by atoms with E-state index in [9.17, 15) is 0 Å². The number of rotatable bonds is 4. The van der Waals surface area contributed by atoms with E-state index in [4.69, 9.17) is 6.42 Å². The van der Waals surface area contributed by atoms with Crippen LogP contribution in [-0.2, 0) is 13.1 Å². The van der Waals surface area contributed by atoms with E-state index in [1.165, 1.54) is 16.5 Å². The number of fused-ring (bicyclic) bond motifs is 1. The molecule has 0 bridgehead atoms. The quantitative estimate of drug-likeness (QED) is 0.793. The largest absolute Gasteiger partial charge is 0.336 e. The maximum absolute atomic E-state index is 5.40. The molecule has 17 heavy (non-hydrogen) atoms. The fraction of sp³-hybridized carbons (Fsp3) is 0.333. The van der Waals surface area contributed by atoms with Gasteiger partial charge in [-0.15, -0.1) is 6.42 Å². The number of terminal acetylenes is 1. The minimum absolute atomic E-state index is 0.487. The van der Waals surface area contributed by atoms with Crippen LogP contribution in [0.15, 0.2) is 30.5 Å². The second kappa shape index (κ2) is 5.07. The molecule has 0 aliphatic carbocycles. The highest BCUT2D eigenvalue weighted by Crippen LogP contribution is 2.20. The lowest BCUT2D eigenvalue weighted by atomic mass is 10.1. The smallest absolute Gasteiger partial charge is 0.0835 e. The van der Waals surface area contributed by atoms with Crippen molar-refractivity contribution in [2.45, 2.75) is 33.0 Å². The Hall–Kier alpha value is -1.72. The molecule has 2 nitrogen and oxygen atoms in total. The fourth-order valence-corrected chi connectivity index (χ4v) is 2.03. The number of hydrogen-bond acceptors (Lipinski definition) is 1. The van der Waals surface area contributed by atoms with Crippen LogP contribution in [0.4, 0.5) is 0 Å². The van der Waals surface area contributed by atoms with Gasteiger partial charge >= 0.3 is 0 Å². The van der Waals surface area contributed by atoms with Crippen LogP contribution in [0, 0.1) is 12.3 Å². The lowest BCUT2D eigenvalue weighted by molar-refractivity contribution is 0.589. The monoisotopic (exact) mass is 226 g/mol. The summed E-state index contributed by atoms with van der Waals surface area (Å²) in [5, 5.41) is 4.70. The van der Waals surface area contributed by atoms with Gasteiger partial charge in [0.25, 0.3) is 0 Å². The van der Waals surface area contributed by atoms with Crippen molar-refractivity contribution >= 4 is 10.9 Å². The van der Waals surface area contributed by atoms with Gasteiger partial charge in [0.2, 0.25) is 0 Å². The predicted molar refractivity (Wildman–Crippen MR) is 72.7 cm³/mol. The summed E-state index contributed by atoms with van der Waals surface area (Å²) in [7, 11) is 0. The van der Waals surface area contributed by atoms with Crippen LogP contribution in [0.2, 0.25) is 0 Å². The molecule has 88 valence electrons. The van der Waals surface area contributed by atoms with Gasteiger partial charge in [-0.1, -0.05) is 38.0 Å². The highest BCUT2D eigenvalue weighted by molar-refractivity contribution is 5.83. The molecule has 1 N–H and O–H groups in total. The van der Waals surface area contributed by atoms with Crippen LogP contribution in [0.25, 0.3) is 10.9 Å². The zero-order chi connectivity index (χ0) is 12.3.